The first-order valence-electron chi connectivity index (χ1n) is 38.1. The lowest BCUT2D eigenvalue weighted by Gasteiger charge is -2.20. The zero-order valence-corrected chi connectivity index (χ0v) is 56.5. The van der Waals surface area contributed by atoms with Crippen LogP contribution in [0.2, 0.25) is 0 Å². The van der Waals surface area contributed by atoms with Crippen molar-refractivity contribution in [3.05, 3.63) is 24.3 Å². The maximum Gasteiger partial charge on any atom is 0.305 e. The van der Waals surface area contributed by atoms with E-state index in [-0.39, 0.29) is 18.5 Å². The van der Waals surface area contributed by atoms with E-state index in [0.29, 0.717) is 19.4 Å². The monoisotopic (exact) mass is 1170 g/mol. The van der Waals surface area contributed by atoms with Gasteiger partial charge in [0.05, 0.1) is 25.4 Å². The minimum Gasteiger partial charge on any atom is -0.466 e. The Kier molecular flexibility index (Phi) is 71.4. The van der Waals surface area contributed by atoms with E-state index < -0.39 is 12.1 Å². The van der Waals surface area contributed by atoms with Crippen molar-refractivity contribution >= 4 is 11.9 Å². The van der Waals surface area contributed by atoms with Crippen LogP contribution in [0.4, 0.5) is 0 Å². The second-order valence-electron chi connectivity index (χ2n) is 26.3. The predicted molar refractivity (Wildman–Crippen MR) is 366 cm³/mol. The van der Waals surface area contributed by atoms with Gasteiger partial charge in [-0.25, -0.2) is 0 Å². The van der Waals surface area contributed by atoms with Gasteiger partial charge >= 0.3 is 5.97 Å². The van der Waals surface area contributed by atoms with E-state index in [0.717, 1.165) is 44.9 Å². The fourth-order valence-corrected chi connectivity index (χ4v) is 12.2. The lowest BCUT2D eigenvalue weighted by molar-refractivity contribution is -0.143. The van der Waals surface area contributed by atoms with E-state index in [9.17, 15) is 19.8 Å². The molecule has 6 heteroatoms. The van der Waals surface area contributed by atoms with Gasteiger partial charge < -0.3 is 20.3 Å². The van der Waals surface area contributed by atoms with Crippen molar-refractivity contribution in [1.29, 1.82) is 0 Å². The number of hydrogen-bond acceptors (Lipinski definition) is 5. The van der Waals surface area contributed by atoms with Crippen molar-refractivity contribution in [3.8, 4) is 0 Å². The first-order valence-corrected chi connectivity index (χ1v) is 38.1. The van der Waals surface area contributed by atoms with Gasteiger partial charge in [-0.3, -0.25) is 9.59 Å². The third kappa shape index (κ3) is 69.3. The average Bonchev–Trinajstić information content (AvgIpc) is 3.49. The molecule has 0 aromatic heterocycles. The second kappa shape index (κ2) is 72.8. The van der Waals surface area contributed by atoms with Gasteiger partial charge in [0.2, 0.25) is 5.91 Å². The van der Waals surface area contributed by atoms with Crippen molar-refractivity contribution in [1.82, 2.24) is 5.32 Å². The number of unbranched alkanes of at least 4 members (excludes halogenated alkanes) is 59. The Morgan fingerprint density at radius 3 is 0.892 bits per heavy atom. The highest BCUT2D eigenvalue weighted by Gasteiger charge is 2.18. The van der Waals surface area contributed by atoms with Crippen LogP contribution in [0.5, 0.6) is 0 Å². The molecule has 0 radical (unpaired) electrons. The number of ether oxygens (including phenoxy) is 1. The third-order valence-corrected chi connectivity index (χ3v) is 18.0. The molecule has 0 rings (SSSR count). The fourth-order valence-electron chi connectivity index (χ4n) is 12.2. The number of allylic oxidation sites excluding steroid dienone is 3. The maximum atomic E-state index is 12.5. The molecule has 2 atom stereocenters. The first kappa shape index (κ1) is 81.3. The minimum atomic E-state index is -0.840. The molecule has 0 aliphatic rings. The lowest BCUT2D eigenvalue weighted by atomic mass is 10.0. The van der Waals surface area contributed by atoms with Crippen LogP contribution in [0.15, 0.2) is 24.3 Å². The van der Waals surface area contributed by atoms with E-state index in [1.165, 1.54) is 360 Å². The van der Waals surface area contributed by atoms with E-state index in [1.807, 2.05) is 6.08 Å². The molecule has 3 N–H and O–H groups in total. The van der Waals surface area contributed by atoms with Crippen molar-refractivity contribution in [2.45, 2.75) is 443 Å². The molecule has 492 valence electrons. The number of aliphatic hydroxyl groups excluding tert-OH is 2. The molecule has 1 amide bonds. The Hall–Kier alpha value is -1.66. The number of rotatable bonds is 72. The summed E-state index contributed by atoms with van der Waals surface area (Å²) in [5, 5.41) is 23.2. The topological polar surface area (TPSA) is 95.9 Å². The number of nitrogens with one attached hydrogen (secondary N) is 1. The van der Waals surface area contributed by atoms with Crippen LogP contribution in [0.25, 0.3) is 0 Å². The quantitative estimate of drug-likeness (QED) is 0.0320. The lowest BCUT2D eigenvalue weighted by Crippen LogP contribution is -2.45. The molecule has 6 nitrogen and oxygen atoms in total. The summed E-state index contributed by atoms with van der Waals surface area (Å²) in [6.45, 7) is 4.91. The van der Waals surface area contributed by atoms with E-state index >= 15 is 0 Å². The molecule has 0 saturated heterocycles. The largest absolute Gasteiger partial charge is 0.466 e. The van der Waals surface area contributed by atoms with Gasteiger partial charge in [0.25, 0.3) is 0 Å². The summed E-state index contributed by atoms with van der Waals surface area (Å²) in [4.78, 5) is 24.5. The van der Waals surface area contributed by atoms with Crippen molar-refractivity contribution in [2.24, 2.45) is 0 Å². The van der Waals surface area contributed by atoms with Gasteiger partial charge in [-0.1, -0.05) is 391 Å². The SMILES string of the molecule is CCCC/C=C\CCCCCCCC(=O)OCCCCCCCCCCCCCCCCCCCCCCCCCCCCCCCCCCCCCCCC(=O)NC(CO)C(O)/C=C/CCCCCCCCCCCCCCCCCC. The molecule has 0 fully saturated rings. The number of aliphatic hydroxyl groups is 2. The number of carbonyl (C=O) groups excluding carboxylic acids is 2. The van der Waals surface area contributed by atoms with Gasteiger partial charge in [-0.15, -0.1) is 0 Å². The molecule has 0 aromatic carbocycles. The van der Waals surface area contributed by atoms with Crippen LogP contribution < -0.4 is 5.32 Å². The van der Waals surface area contributed by atoms with Crippen LogP contribution in [0.1, 0.15) is 431 Å². The molecule has 0 bridgehead atoms. The highest BCUT2D eigenvalue weighted by Crippen LogP contribution is 2.20. The van der Waals surface area contributed by atoms with E-state index in [1.54, 1.807) is 6.08 Å². The molecular formula is C77H149NO5. The predicted octanol–water partition coefficient (Wildman–Crippen LogP) is 24.9. The van der Waals surface area contributed by atoms with Gasteiger partial charge in [0.15, 0.2) is 0 Å². The molecular weight excluding hydrogens is 1020 g/mol. The van der Waals surface area contributed by atoms with E-state index in [4.69, 9.17) is 4.74 Å². The Balaban J connectivity index is 3.32. The smallest absolute Gasteiger partial charge is 0.305 e. The molecule has 2 unspecified atom stereocenters. The Labute approximate surface area is 520 Å². The van der Waals surface area contributed by atoms with Crippen molar-refractivity contribution in [3.63, 3.8) is 0 Å². The average molecular weight is 1170 g/mol. The van der Waals surface area contributed by atoms with Gasteiger partial charge in [0.1, 0.15) is 0 Å². The highest BCUT2D eigenvalue weighted by molar-refractivity contribution is 5.76. The second-order valence-corrected chi connectivity index (χ2v) is 26.3. The maximum absolute atomic E-state index is 12.5. The number of carbonyl (C=O) groups is 2. The molecule has 0 aliphatic carbocycles. The van der Waals surface area contributed by atoms with Crippen molar-refractivity contribution in [2.75, 3.05) is 13.2 Å². The Morgan fingerprint density at radius 1 is 0.325 bits per heavy atom. The normalized spacial score (nSPS) is 12.6. The molecule has 0 spiro atoms. The first-order chi connectivity index (χ1) is 41.0. The molecule has 0 saturated carbocycles. The Morgan fingerprint density at radius 2 is 0.578 bits per heavy atom. The van der Waals surface area contributed by atoms with Crippen LogP contribution in [0, 0.1) is 0 Å². The summed E-state index contributed by atoms with van der Waals surface area (Å²) in [6, 6.07) is -0.623. The zero-order chi connectivity index (χ0) is 59.9. The Bertz CT molecular complexity index is 1300. The van der Waals surface area contributed by atoms with Gasteiger partial charge in [-0.05, 0) is 51.4 Å². The molecule has 0 aromatic rings. The number of esters is 1. The van der Waals surface area contributed by atoms with Crippen LogP contribution in [-0.2, 0) is 14.3 Å². The summed E-state index contributed by atoms with van der Waals surface area (Å²) >= 11 is 0. The third-order valence-electron chi connectivity index (χ3n) is 18.0. The van der Waals surface area contributed by atoms with Gasteiger partial charge in [0, 0.05) is 12.8 Å². The highest BCUT2D eigenvalue weighted by atomic mass is 16.5. The molecule has 83 heavy (non-hydrogen) atoms. The fraction of sp³-hybridized carbons (Fsp3) is 0.922. The summed E-state index contributed by atoms with van der Waals surface area (Å²) in [7, 11) is 0. The summed E-state index contributed by atoms with van der Waals surface area (Å²) in [6.07, 6.45) is 93.0. The summed E-state index contributed by atoms with van der Waals surface area (Å²) < 4.78 is 5.47. The van der Waals surface area contributed by atoms with E-state index in [2.05, 4.69) is 31.3 Å². The standard InChI is InChI=1S/C77H149NO5/c1-3-5-7-9-11-13-15-16-17-18-40-43-46-50-53-57-61-65-69-75(80)74(73-79)78-76(81)70-66-62-58-54-51-47-44-41-38-36-34-32-30-28-26-24-22-20-19-21-23-25-27-29-31-33-35-37-39-42-45-48-52-56-60-64-68-72-83-77(82)71-67-63-59-55-49-14-12-10-8-6-4-2/h10,12,65,69,74-75,79-80H,3-9,11,13-64,66-68,70-73H2,1-2H3,(H,78,81)/b12-10-,69-65+. The van der Waals surface area contributed by atoms with Crippen LogP contribution in [0.3, 0.4) is 0 Å². The molecule has 0 heterocycles. The van der Waals surface area contributed by atoms with Crippen LogP contribution >= 0.6 is 0 Å². The summed E-state index contributed by atoms with van der Waals surface area (Å²) in [5.74, 6) is -0.0457. The zero-order valence-electron chi connectivity index (χ0n) is 56.5. The molecule has 0 aliphatic heterocycles. The van der Waals surface area contributed by atoms with Crippen molar-refractivity contribution < 1.29 is 24.5 Å². The minimum absolute atomic E-state index is 0.0126. The number of amides is 1. The van der Waals surface area contributed by atoms with Crippen LogP contribution in [-0.4, -0.2) is 47.4 Å². The summed E-state index contributed by atoms with van der Waals surface area (Å²) in [5.41, 5.74) is 0. The number of hydrogen-bond donors (Lipinski definition) is 3. The van der Waals surface area contributed by atoms with Gasteiger partial charge in [-0.2, -0.15) is 0 Å².